The fourth-order valence-electron chi connectivity index (χ4n) is 4.06. The zero-order valence-electron chi connectivity index (χ0n) is 18.1. The van der Waals surface area contributed by atoms with E-state index in [0.29, 0.717) is 11.8 Å². The predicted molar refractivity (Wildman–Crippen MR) is 118 cm³/mol. The topological polar surface area (TPSA) is 58.1 Å². The average molecular weight is 395 g/mol. The van der Waals surface area contributed by atoms with Crippen molar-refractivity contribution in [3.63, 3.8) is 0 Å². The first-order valence-corrected chi connectivity index (χ1v) is 10.8. The van der Waals surface area contributed by atoms with Gasteiger partial charge in [-0.25, -0.2) is 4.98 Å². The molecule has 5 heteroatoms. The molecule has 1 aliphatic heterocycles. The summed E-state index contributed by atoms with van der Waals surface area (Å²) in [4.78, 5) is 23.7. The van der Waals surface area contributed by atoms with Gasteiger partial charge in [-0.15, -0.1) is 0 Å². The minimum atomic E-state index is 0.0496. The molecule has 29 heavy (non-hydrogen) atoms. The van der Waals surface area contributed by atoms with Crippen LogP contribution in [0.4, 0.5) is 5.82 Å². The number of piperidine rings is 1. The Morgan fingerprint density at radius 3 is 2.34 bits per heavy atom. The number of anilines is 1. The van der Waals surface area contributed by atoms with Crippen LogP contribution >= 0.6 is 0 Å². The number of aromatic nitrogens is 2. The number of nitrogens with one attached hydrogen (secondary N) is 1. The molecule has 156 valence electrons. The molecular formula is C24H34N4O. The van der Waals surface area contributed by atoms with E-state index in [1.54, 1.807) is 18.6 Å². The van der Waals surface area contributed by atoms with Gasteiger partial charge in [-0.05, 0) is 42.2 Å². The summed E-state index contributed by atoms with van der Waals surface area (Å²) in [7, 11) is 0. The lowest BCUT2D eigenvalue weighted by Gasteiger charge is -2.33. The van der Waals surface area contributed by atoms with Crippen LogP contribution in [0.15, 0.2) is 42.9 Å². The zero-order chi connectivity index (χ0) is 20.8. The SMILES string of the molecule is CC(C)Cc1ccc(C(NC(=O)C2CCN(c3cnccn3)CC2)C(C)C)cc1. The van der Waals surface area contributed by atoms with E-state index in [9.17, 15) is 4.79 Å². The van der Waals surface area contributed by atoms with E-state index in [0.717, 1.165) is 38.2 Å². The normalized spacial score (nSPS) is 16.3. The van der Waals surface area contributed by atoms with Crippen LogP contribution in [0.3, 0.4) is 0 Å². The zero-order valence-corrected chi connectivity index (χ0v) is 18.1. The molecule has 1 aliphatic rings. The average Bonchev–Trinajstić information content (AvgIpc) is 2.73. The van der Waals surface area contributed by atoms with Gasteiger partial charge in [-0.1, -0.05) is 52.0 Å². The van der Waals surface area contributed by atoms with E-state index < -0.39 is 0 Å². The van der Waals surface area contributed by atoms with Crippen molar-refractivity contribution in [2.24, 2.45) is 17.8 Å². The fourth-order valence-corrected chi connectivity index (χ4v) is 4.06. The van der Waals surface area contributed by atoms with E-state index >= 15 is 0 Å². The van der Waals surface area contributed by atoms with Crippen LogP contribution in [0.25, 0.3) is 0 Å². The minimum absolute atomic E-state index is 0.0496. The number of hydrogen-bond donors (Lipinski definition) is 1. The Kier molecular flexibility index (Phi) is 7.24. The lowest BCUT2D eigenvalue weighted by atomic mass is 9.91. The van der Waals surface area contributed by atoms with Crippen molar-refractivity contribution >= 4 is 11.7 Å². The molecule has 0 radical (unpaired) electrons. The van der Waals surface area contributed by atoms with Crippen LogP contribution in [0.1, 0.15) is 57.7 Å². The van der Waals surface area contributed by atoms with Crippen molar-refractivity contribution in [2.45, 2.75) is 53.0 Å². The summed E-state index contributed by atoms with van der Waals surface area (Å²) in [6.45, 7) is 10.5. The van der Waals surface area contributed by atoms with Gasteiger partial charge in [0.2, 0.25) is 5.91 Å². The number of hydrogen-bond acceptors (Lipinski definition) is 4. The molecule has 2 aromatic rings. The highest BCUT2D eigenvalue weighted by atomic mass is 16.2. The predicted octanol–water partition coefficient (Wildman–Crippen LogP) is 4.41. The second-order valence-corrected chi connectivity index (χ2v) is 8.89. The molecule has 1 amide bonds. The highest BCUT2D eigenvalue weighted by Gasteiger charge is 2.28. The third-order valence-electron chi connectivity index (χ3n) is 5.69. The second-order valence-electron chi connectivity index (χ2n) is 8.89. The molecule has 3 rings (SSSR count). The van der Waals surface area contributed by atoms with Gasteiger partial charge in [-0.3, -0.25) is 9.78 Å². The van der Waals surface area contributed by atoms with E-state index in [1.165, 1.54) is 11.1 Å². The number of carbonyl (C=O) groups excluding carboxylic acids is 1. The summed E-state index contributed by atoms with van der Waals surface area (Å²) < 4.78 is 0. The quantitative estimate of drug-likeness (QED) is 0.756. The second kappa shape index (κ2) is 9.86. The fraction of sp³-hybridized carbons (Fsp3) is 0.542. The van der Waals surface area contributed by atoms with Crippen molar-refractivity contribution < 1.29 is 4.79 Å². The van der Waals surface area contributed by atoms with Crippen LogP contribution in [0.5, 0.6) is 0 Å². The van der Waals surface area contributed by atoms with Gasteiger partial charge >= 0.3 is 0 Å². The summed E-state index contributed by atoms with van der Waals surface area (Å²) in [5.74, 6) is 2.12. The molecule has 0 spiro atoms. The van der Waals surface area contributed by atoms with Gasteiger partial charge in [0.05, 0.1) is 12.2 Å². The Balaban J connectivity index is 1.59. The van der Waals surface area contributed by atoms with Crippen LogP contribution in [0, 0.1) is 17.8 Å². The number of carbonyl (C=O) groups is 1. The summed E-state index contributed by atoms with van der Waals surface area (Å²) in [5.41, 5.74) is 2.55. The van der Waals surface area contributed by atoms with Gasteiger partial charge in [0.1, 0.15) is 5.82 Å². The maximum Gasteiger partial charge on any atom is 0.223 e. The van der Waals surface area contributed by atoms with Gasteiger partial charge in [0.15, 0.2) is 0 Å². The maximum absolute atomic E-state index is 13.0. The van der Waals surface area contributed by atoms with Crippen molar-refractivity contribution in [1.29, 1.82) is 0 Å². The van der Waals surface area contributed by atoms with Gasteiger partial charge in [0.25, 0.3) is 0 Å². The molecule has 5 nitrogen and oxygen atoms in total. The Hall–Kier alpha value is -2.43. The van der Waals surface area contributed by atoms with Gasteiger partial charge < -0.3 is 10.2 Å². The number of nitrogens with zero attached hydrogens (tertiary/aromatic N) is 3. The Morgan fingerprint density at radius 2 is 1.79 bits per heavy atom. The molecule has 1 atom stereocenters. The Morgan fingerprint density at radius 1 is 1.10 bits per heavy atom. The largest absolute Gasteiger partial charge is 0.355 e. The number of benzene rings is 1. The smallest absolute Gasteiger partial charge is 0.223 e. The van der Waals surface area contributed by atoms with Crippen molar-refractivity contribution in [3.8, 4) is 0 Å². The standard InChI is InChI=1S/C24H34N4O/c1-17(2)15-19-5-7-20(8-6-19)23(18(3)4)27-24(29)21-9-13-28(14-10-21)22-16-25-11-12-26-22/h5-8,11-12,16-18,21,23H,9-10,13-15H2,1-4H3,(H,27,29). The monoisotopic (exact) mass is 394 g/mol. The van der Waals surface area contributed by atoms with Crippen molar-refractivity contribution in [3.05, 3.63) is 54.0 Å². The van der Waals surface area contributed by atoms with Crippen LogP contribution in [-0.2, 0) is 11.2 Å². The van der Waals surface area contributed by atoms with Crippen LogP contribution < -0.4 is 10.2 Å². The van der Waals surface area contributed by atoms with Crippen LogP contribution in [-0.4, -0.2) is 29.0 Å². The molecule has 1 aromatic heterocycles. The summed E-state index contributed by atoms with van der Waals surface area (Å²) in [5, 5.41) is 3.33. The van der Waals surface area contributed by atoms with E-state index in [2.05, 4.69) is 72.1 Å². The van der Waals surface area contributed by atoms with Gasteiger partial charge in [0, 0.05) is 31.4 Å². The van der Waals surface area contributed by atoms with Crippen molar-refractivity contribution in [2.75, 3.05) is 18.0 Å². The molecule has 1 unspecified atom stereocenters. The Bertz CT molecular complexity index is 765. The molecule has 0 saturated carbocycles. The molecule has 0 bridgehead atoms. The van der Waals surface area contributed by atoms with E-state index in [4.69, 9.17) is 0 Å². The first kappa shape index (κ1) is 21.3. The molecule has 1 N–H and O–H groups in total. The van der Waals surface area contributed by atoms with E-state index in [-0.39, 0.29) is 17.9 Å². The maximum atomic E-state index is 13.0. The third kappa shape index (κ3) is 5.78. The first-order chi connectivity index (χ1) is 13.9. The van der Waals surface area contributed by atoms with Crippen molar-refractivity contribution in [1.82, 2.24) is 15.3 Å². The summed E-state index contributed by atoms with van der Waals surface area (Å²) in [6, 6.07) is 8.82. The molecule has 0 aliphatic carbocycles. The molecule has 1 fully saturated rings. The lowest BCUT2D eigenvalue weighted by Crippen LogP contribution is -2.42. The molecule has 2 heterocycles. The minimum Gasteiger partial charge on any atom is -0.355 e. The number of amides is 1. The van der Waals surface area contributed by atoms with E-state index in [1.807, 2.05) is 0 Å². The lowest BCUT2D eigenvalue weighted by molar-refractivity contribution is -0.126. The molecule has 1 aromatic carbocycles. The summed E-state index contributed by atoms with van der Waals surface area (Å²) in [6.07, 6.45) is 7.97. The van der Waals surface area contributed by atoms with Crippen LogP contribution in [0.2, 0.25) is 0 Å². The molecular weight excluding hydrogens is 360 g/mol. The highest BCUT2D eigenvalue weighted by molar-refractivity contribution is 5.79. The Labute approximate surface area is 175 Å². The molecule has 1 saturated heterocycles. The van der Waals surface area contributed by atoms with Gasteiger partial charge in [-0.2, -0.15) is 0 Å². The third-order valence-corrected chi connectivity index (χ3v) is 5.69. The summed E-state index contributed by atoms with van der Waals surface area (Å²) >= 11 is 0. The first-order valence-electron chi connectivity index (χ1n) is 10.8. The highest BCUT2D eigenvalue weighted by Crippen LogP contribution is 2.26. The number of rotatable bonds is 7.